The summed E-state index contributed by atoms with van der Waals surface area (Å²) in [7, 11) is 1.55. The monoisotopic (exact) mass is 389 g/mol. The molecule has 1 heterocycles. The van der Waals surface area contributed by atoms with Crippen molar-refractivity contribution in [2.75, 3.05) is 12.4 Å². The second kappa shape index (κ2) is 8.01. The molecule has 0 saturated carbocycles. The van der Waals surface area contributed by atoms with E-state index in [1.54, 1.807) is 25.3 Å². The van der Waals surface area contributed by atoms with Gasteiger partial charge in [0.1, 0.15) is 5.75 Å². The Morgan fingerprint density at radius 3 is 2.81 bits per heavy atom. The number of hydrogen-bond acceptors (Lipinski definition) is 4. The van der Waals surface area contributed by atoms with E-state index in [1.807, 2.05) is 31.2 Å². The lowest BCUT2D eigenvalue weighted by atomic mass is 10.3. The molecule has 0 aliphatic rings. The molecule has 2 aromatic carbocycles. The van der Waals surface area contributed by atoms with Crippen LogP contribution in [0.5, 0.6) is 5.75 Å². The molecule has 1 unspecified atom stereocenters. The highest BCUT2D eigenvalue weighted by atomic mass is 35.5. The molecule has 0 saturated heterocycles. The number of para-hydroxylation sites is 2. The van der Waals surface area contributed by atoms with Crippen molar-refractivity contribution >= 4 is 46.0 Å². The van der Waals surface area contributed by atoms with Crippen molar-refractivity contribution < 1.29 is 9.53 Å². The van der Waals surface area contributed by atoms with Crippen LogP contribution in [0.25, 0.3) is 11.0 Å². The number of amides is 1. The van der Waals surface area contributed by atoms with Crippen LogP contribution in [0.1, 0.15) is 13.8 Å². The van der Waals surface area contributed by atoms with Crippen LogP contribution < -0.4 is 10.1 Å². The maximum atomic E-state index is 12.6. The lowest BCUT2D eigenvalue weighted by Gasteiger charge is -2.13. The Bertz CT molecular complexity index is 942. The van der Waals surface area contributed by atoms with Gasteiger partial charge in [0.15, 0.2) is 5.16 Å². The highest BCUT2D eigenvalue weighted by Gasteiger charge is 2.19. The zero-order valence-electron chi connectivity index (χ0n) is 14.8. The molecule has 3 aromatic rings. The normalized spacial score (nSPS) is 12.2. The number of imidazole rings is 1. The molecule has 0 aliphatic carbocycles. The number of aromatic nitrogens is 2. The van der Waals surface area contributed by atoms with Crippen LogP contribution in [0.2, 0.25) is 5.02 Å². The minimum absolute atomic E-state index is 0.106. The summed E-state index contributed by atoms with van der Waals surface area (Å²) in [5.41, 5.74) is 2.65. The molecule has 1 N–H and O–H groups in total. The van der Waals surface area contributed by atoms with E-state index >= 15 is 0 Å². The van der Waals surface area contributed by atoms with Crippen LogP contribution in [-0.2, 0) is 11.3 Å². The van der Waals surface area contributed by atoms with Crippen molar-refractivity contribution in [1.82, 2.24) is 9.55 Å². The SMILES string of the molecule is CCn1c(SC(C)C(=O)Nc2ccc(OC)c(Cl)c2)nc2ccccc21. The third-order valence-electron chi connectivity index (χ3n) is 4.01. The van der Waals surface area contributed by atoms with E-state index in [9.17, 15) is 4.79 Å². The Labute approximate surface area is 161 Å². The Balaban J connectivity index is 1.74. The summed E-state index contributed by atoms with van der Waals surface area (Å²) >= 11 is 7.55. The van der Waals surface area contributed by atoms with Gasteiger partial charge in [0.05, 0.1) is 28.4 Å². The number of nitrogens with zero attached hydrogens (tertiary/aromatic N) is 2. The summed E-state index contributed by atoms with van der Waals surface area (Å²) in [6, 6.07) is 13.2. The summed E-state index contributed by atoms with van der Waals surface area (Å²) < 4.78 is 7.25. The van der Waals surface area contributed by atoms with Crippen molar-refractivity contribution in [3.8, 4) is 5.75 Å². The number of nitrogens with one attached hydrogen (secondary N) is 1. The number of carbonyl (C=O) groups is 1. The molecule has 1 atom stereocenters. The highest BCUT2D eigenvalue weighted by molar-refractivity contribution is 8.00. The number of hydrogen-bond donors (Lipinski definition) is 1. The van der Waals surface area contributed by atoms with Crippen molar-refractivity contribution in [3.05, 3.63) is 47.5 Å². The maximum Gasteiger partial charge on any atom is 0.237 e. The first-order valence-electron chi connectivity index (χ1n) is 8.29. The van der Waals surface area contributed by atoms with Gasteiger partial charge in [-0.2, -0.15) is 0 Å². The number of benzene rings is 2. The molecule has 136 valence electrons. The third kappa shape index (κ3) is 3.81. The van der Waals surface area contributed by atoms with Gasteiger partial charge in [0.25, 0.3) is 0 Å². The highest BCUT2D eigenvalue weighted by Crippen LogP contribution is 2.30. The number of anilines is 1. The van der Waals surface area contributed by atoms with Crippen LogP contribution >= 0.6 is 23.4 Å². The number of rotatable bonds is 6. The third-order valence-corrected chi connectivity index (χ3v) is 5.39. The number of ether oxygens (including phenoxy) is 1. The second-order valence-electron chi connectivity index (χ2n) is 5.73. The molecule has 5 nitrogen and oxygen atoms in total. The molecule has 0 radical (unpaired) electrons. The van der Waals surface area contributed by atoms with Crippen LogP contribution in [0.15, 0.2) is 47.6 Å². The van der Waals surface area contributed by atoms with E-state index in [4.69, 9.17) is 16.3 Å². The van der Waals surface area contributed by atoms with Gasteiger partial charge in [-0.3, -0.25) is 4.79 Å². The summed E-state index contributed by atoms with van der Waals surface area (Å²) in [5, 5.41) is 3.88. The minimum atomic E-state index is -0.307. The van der Waals surface area contributed by atoms with Crippen LogP contribution in [0.3, 0.4) is 0 Å². The molecular formula is C19H20ClN3O2S. The molecule has 7 heteroatoms. The molecule has 0 aliphatic heterocycles. The van der Waals surface area contributed by atoms with Crippen molar-refractivity contribution in [2.45, 2.75) is 30.8 Å². The van der Waals surface area contributed by atoms with E-state index < -0.39 is 0 Å². The van der Waals surface area contributed by atoms with E-state index in [-0.39, 0.29) is 11.2 Å². The largest absolute Gasteiger partial charge is 0.495 e. The second-order valence-corrected chi connectivity index (χ2v) is 7.44. The number of carbonyl (C=O) groups excluding carboxylic acids is 1. The molecule has 1 aromatic heterocycles. The molecule has 0 fully saturated rings. The smallest absolute Gasteiger partial charge is 0.237 e. The molecule has 0 spiro atoms. The first kappa shape index (κ1) is 18.6. The van der Waals surface area contributed by atoms with Crippen LogP contribution in [0, 0.1) is 0 Å². The summed E-state index contributed by atoms with van der Waals surface area (Å²) in [6.07, 6.45) is 0. The fraction of sp³-hybridized carbons (Fsp3) is 0.263. The van der Waals surface area contributed by atoms with Gasteiger partial charge in [-0.25, -0.2) is 4.98 Å². The average Bonchev–Trinajstić information content (AvgIpc) is 2.98. The van der Waals surface area contributed by atoms with E-state index in [0.29, 0.717) is 16.5 Å². The van der Waals surface area contributed by atoms with E-state index in [1.165, 1.54) is 11.8 Å². The number of fused-ring (bicyclic) bond motifs is 1. The number of methoxy groups -OCH3 is 1. The van der Waals surface area contributed by atoms with E-state index in [0.717, 1.165) is 22.7 Å². The van der Waals surface area contributed by atoms with Gasteiger partial charge >= 0.3 is 0 Å². The number of halogens is 1. The maximum absolute atomic E-state index is 12.6. The lowest BCUT2D eigenvalue weighted by Crippen LogP contribution is -2.22. The van der Waals surface area contributed by atoms with Crippen molar-refractivity contribution in [3.63, 3.8) is 0 Å². The summed E-state index contributed by atoms with van der Waals surface area (Å²) in [6.45, 7) is 4.73. The molecule has 3 rings (SSSR count). The molecule has 26 heavy (non-hydrogen) atoms. The Hall–Kier alpha value is -2.18. The fourth-order valence-corrected chi connectivity index (χ4v) is 3.89. The Morgan fingerprint density at radius 1 is 1.35 bits per heavy atom. The van der Waals surface area contributed by atoms with Crippen LogP contribution in [-0.4, -0.2) is 27.8 Å². The average molecular weight is 390 g/mol. The summed E-state index contributed by atoms with van der Waals surface area (Å²) in [5.74, 6) is 0.467. The first-order valence-corrected chi connectivity index (χ1v) is 9.55. The zero-order chi connectivity index (χ0) is 18.7. The number of thioether (sulfide) groups is 1. The van der Waals surface area contributed by atoms with Gasteiger partial charge in [0, 0.05) is 12.2 Å². The Kier molecular flexibility index (Phi) is 5.74. The molecular weight excluding hydrogens is 370 g/mol. The van der Waals surface area contributed by atoms with Crippen LogP contribution in [0.4, 0.5) is 5.69 Å². The lowest BCUT2D eigenvalue weighted by molar-refractivity contribution is -0.115. The molecule has 0 bridgehead atoms. The van der Waals surface area contributed by atoms with Gasteiger partial charge in [-0.05, 0) is 44.2 Å². The van der Waals surface area contributed by atoms with Crippen molar-refractivity contribution in [2.24, 2.45) is 0 Å². The topological polar surface area (TPSA) is 56.2 Å². The zero-order valence-corrected chi connectivity index (χ0v) is 16.4. The van der Waals surface area contributed by atoms with Gasteiger partial charge < -0.3 is 14.6 Å². The number of aryl methyl sites for hydroxylation is 1. The Morgan fingerprint density at radius 2 is 2.12 bits per heavy atom. The molecule has 1 amide bonds. The first-order chi connectivity index (χ1) is 12.5. The fourth-order valence-electron chi connectivity index (χ4n) is 2.65. The minimum Gasteiger partial charge on any atom is -0.495 e. The van der Waals surface area contributed by atoms with Crippen molar-refractivity contribution in [1.29, 1.82) is 0 Å². The van der Waals surface area contributed by atoms with Gasteiger partial charge in [-0.15, -0.1) is 0 Å². The van der Waals surface area contributed by atoms with E-state index in [2.05, 4.69) is 21.8 Å². The van der Waals surface area contributed by atoms with Gasteiger partial charge in [0.2, 0.25) is 5.91 Å². The summed E-state index contributed by atoms with van der Waals surface area (Å²) in [4.78, 5) is 17.2. The standard InChI is InChI=1S/C19H20ClN3O2S/c1-4-23-16-8-6-5-7-15(16)22-19(23)26-12(2)18(24)21-13-9-10-17(25-3)14(20)11-13/h5-12H,4H2,1-3H3,(H,21,24). The predicted octanol–water partition coefficient (Wildman–Crippen LogP) is 4.84. The predicted molar refractivity (Wildman–Crippen MR) is 107 cm³/mol. The quantitative estimate of drug-likeness (QED) is 0.613. The van der Waals surface area contributed by atoms with Gasteiger partial charge in [-0.1, -0.05) is 35.5 Å².